The van der Waals surface area contributed by atoms with Gasteiger partial charge in [0, 0.05) is 18.3 Å². The van der Waals surface area contributed by atoms with E-state index in [1.807, 2.05) is 4.90 Å². The second-order valence-corrected chi connectivity index (χ2v) is 5.36. The molecule has 0 spiro atoms. The zero-order valence-corrected chi connectivity index (χ0v) is 11.9. The maximum atomic E-state index is 13.4. The van der Waals surface area contributed by atoms with Crippen molar-refractivity contribution in [2.75, 3.05) is 18.0 Å². The number of pyridine rings is 1. The van der Waals surface area contributed by atoms with Crippen LogP contribution < -0.4 is 10.2 Å². The van der Waals surface area contributed by atoms with Gasteiger partial charge in [-0.05, 0) is 43.3 Å². The van der Waals surface area contributed by atoms with Crippen LogP contribution in [0.25, 0.3) is 0 Å². The van der Waals surface area contributed by atoms with Crippen molar-refractivity contribution >= 4 is 23.0 Å². The monoisotopic (exact) mass is 309 g/mol. The average molecular weight is 310 g/mol. The van der Waals surface area contributed by atoms with E-state index in [0.29, 0.717) is 0 Å². The number of nitrogens with one attached hydrogen (secondary N) is 1. The van der Waals surface area contributed by atoms with E-state index in [-0.39, 0.29) is 11.1 Å². The average Bonchev–Trinajstić information content (AvgIpc) is 2.99. The number of nitrogens with zero attached hydrogens (tertiary/aromatic N) is 2. The molecule has 1 fully saturated rings. The summed E-state index contributed by atoms with van der Waals surface area (Å²) in [6.07, 6.45) is 2.41. The van der Waals surface area contributed by atoms with Crippen LogP contribution in [0.5, 0.6) is 0 Å². The number of rotatable bonds is 3. The van der Waals surface area contributed by atoms with Gasteiger partial charge in [0.2, 0.25) is 5.95 Å². The maximum absolute atomic E-state index is 13.4. The second-order valence-electron chi connectivity index (χ2n) is 4.95. The van der Waals surface area contributed by atoms with Crippen molar-refractivity contribution in [2.24, 2.45) is 0 Å². The van der Waals surface area contributed by atoms with Crippen molar-refractivity contribution in [3.05, 3.63) is 53.3 Å². The summed E-state index contributed by atoms with van der Waals surface area (Å²) in [6.45, 7) is 1.71. The Balaban J connectivity index is 2.02. The molecule has 1 saturated heterocycles. The smallest absolute Gasteiger partial charge is 0.212 e. The van der Waals surface area contributed by atoms with Gasteiger partial charge in [-0.3, -0.25) is 0 Å². The minimum absolute atomic E-state index is 0.0681. The molecule has 110 valence electrons. The molecule has 3 nitrogen and oxygen atoms in total. The first-order valence-electron chi connectivity index (χ1n) is 6.72. The quantitative estimate of drug-likeness (QED) is 0.879. The molecule has 1 aromatic carbocycles. The third-order valence-corrected chi connectivity index (χ3v) is 3.86. The zero-order chi connectivity index (χ0) is 14.8. The fourth-order valence-corrected chi connectivity index (χ4v) is 2.75. The normalized spacial score (nSPS) is 18.0. The van der Waals surface area contributed by atoms with E-state index in [4.69, 9.17) is 11.6 Å². The summed E-state index contributed by atoms with van der Waals surface area (Å²) in [5.41, 5.74) is 1.52. The highest BCUT2D eigenvalue weighted by Crippen LogP contribution is 2.32. The third-order valence-electron chi connectivity index (χ3n) is 3.57. The summed E-state index contributed by atoms with van der Waals surface area (Å²) in [7, 11) is 0. The highest BCUT2D eigenvalue weighted by atomic mass is 35.5. The fourth-order valence-electron chi connectivity index (χ4n) is 2.58. The minimum atomic E-state index is -0.527. The van der Waals surface area contributed by atoms with Gasteiger partial charge < -0.3 is 10.2 Å². The molecule has 0 saturated carbocycles. The summed E-state index contributed by atoms with van der Waals surface area (Å²) in [5.74, 6) is -0.984. The van der Waals surface area contributed by atoms with E-state index in [0.717, 1.165) is 30.9 Å². The second kappa shape index (κ2) is 5.95. The van der Waals surface area contributed by atoms with Gasteiger partial charge in [0.25, 0.3) is 0 Å². The topological polar surface area (TPSA) is 28.2 Å². The summed E-state index contributed by atoms with van der Waals surface area (Å²) < 4.78 is 26.4. The van der Waals surface area contributed by atoms with Crippen LogP contribution >= 0.6 is 11.6 Å². The van der Waals surface area contributed by atoms with Gasteiger partial charge in [0.05, 0.1) is 16.9 Å². The van der Waals surface area contributed by atoms with Crippen molar-refractivity contribution < 1.29 is 8.78 Å². The fraction of sp³-hybridized carbons (Fsp3) is 0.267. The molecule has 1 atom stereocenters. The van der Waals surface area contributed by atoms with E-state index < -0.39 is 11.8 Å². The SMILES string of the molecule is Fc1ccc(N(c2ccc(F)c(Cl)c2)[C@H]2CCNC2)cn1. The first kappa shape index (κ1) is 14.2. The number of benzene rings is 1. The highest BCUT2D eigenvalue weighted by molar-refractivity contribution is 6.31. The van der Waals surface area contributed by atoms with Crippen LogP contribution in [0.1, 0.15) is 6.42 Å². The van der Waals surface area contributed by atoms with Crippen molar-refractivity contribution in [3.63, 3.8) is 0 Å². The standard InChI is InChI=1S/C15H14ClF2N3/c16-13-7-10(1-3-14(13)17)21(12-5-6-19-8-12)11-2-4-15(18)20-9-11/h1-4,7,9,12,19H,5-6,8H2/t12-/m0/s1. The van der Waals surface area contributed by atoms with E-state index >= 15 is 0 Å². The number of aromatic nitrogens is 1. The molecule has 1 aromatic heterocycles. The predicted octanol–water partition coefficient (Wildman–Crippen LogP) is 3.51. The van der Waals surface area contributed by atoms with Crippen LogP contribution in [-0.4, -0.2) is 24.1 Å². The van der Waals surface area contributed by atoms with Crippen LogP contribution in [0.3, 0.4) is 0 Å². The van der Waals surface area contributed by atoms with Gasteiger partial charge in [0.1, 0.15) is 5.82 Å². The summed E-state index contributed by atoms with van der Waals surface area (Å²) in [6, 6.07) is 7.76. The lowest BCUT2D eigenvalue weighted by molar-refractivity contribution is 0.582. The van der Waals surface area contributed by atoms with Gasteiger partial charge >= 0.3 is 0 Å². The van der Waals surface area contributed by atoms with Crippen molar-refractivity contribution in [2.45, 2.75) is 12.5 Å². The van der Waals surface area contributed by atoms with Crippen LogP contribution in [0, 0.1) is 11.8 Å². The molecule has 0 unspecified atom stereocenters. The Labute approximate surface area is 126 Å². The first-order chi connectivity index (χ1) is 10.1. The lowest BCUT2D eigenvalue weighted by Gasteiger charge is -2.30. The minimum Gasteiger partial charge on any atom is -0.336 e. The van der Waals surface area contributed by atoms with Gasteiger partial charge in [-0.2, -0.15) is 4.39 Å². The molecule has 0 amide bonds. The summed E-state index contributed by atoms with van der Waals surface area (Å²) >= 11 is 5.88. The molecule has 0 radical (unpaired) electrons. The van der Waals surface area contributed by atoms with Crippen molar-refractivity contribution in [1.82, 2.24) is 10.3 Å². The number of hydrogen-bond donors (Lipinski definition) is 1. The number of hydrogen-bond acceptors (Lipinski definition) is 3. The maximum Gasteiger partial charge on any atom is 0.212 e. The first-order valence-corrected chi connectivity index (χ1v) is 7.09. The molecule has 1 aliphatic heterocycles. The van der Waals surface area contributed by atoms with Crippen molar-refractivity contribution in [1.29, 1.82) is 0 Å². The van der Waals surface area contributed by atoms with Gasteiger partial charge in [-0.15, -0.1) is 0 Å². The van der Waals surface area contributed by atoms with Gasteiger partial charge in [-0.1, -0.05) is 11.6 Å². The number of anilines is 2. The molecule has 1 N–H and O–H groups in total. The molecule has 2 aromatic rings. The largest absolute Gasteiger partial charge is 0.336 e. The van der Waals surface area contributed by atoms with Gasteiger partial charge in [-0.25, -0.2) is 9.37 Å². The number of halogens is 3. The predicted molar refractivity (Wildman–Crippen MR) is 79.0 cm³/mol. The Morgan fingerprint density at radius 3 is 2.62 bits per heavy atom. The van der Waals surface area contributed by atoms with E-state index in [1.165, 1.54) is 18.3 Å². The molecule has 0 aliphatic carbocycles. The molecular weight excluding hydrogens is 296 g/mol. The van der Waals surface area contributed by atoms with E-state index in [1.54, 1.807) is 18.2 Å². The molecular formula is C15H14ClF2N3. The lowest BCUT2D eigenvalue weighted by atomic mass is 10.1. The molecule has 3 rings (SSSR count). The van der Waals surface area contributed by atoms with Crippen LogP contribution in [0.2, 0.25) is 5.02 Å². The third kappa shape index (κ3) is 2.99. The summed E-state index contributed by atoms with van der Waals surface area (Å²) in [5, 5.41) is 3.35. The van der Waals surface area contributed by atoms with Crippen LogP contribution in [-0.2, 0) is 0 Å². The Hall–Kier alpha value is -1.72. The van der Waals surface area contributed by atoms with Crippen molar-refractivity contribution in [3.8, 4) is 0 Å². The highest BCUT2D eigenvalue weighted by Gasteiger charge is 2.25. The Morgan fingerprint density at radius 1 is 1.19 bits per heavy atom. The molecule has 2 heterocycles. The lowest BCUT2D eigenvalue weighted by Crippen LogP contribution is -2.33. The van der Waals surface area contributed by atoms with Crippen LogP contribution in [0.15, 0.2) is 36.5 Å². The Kier molecular flexibility index (Phi) is 4.03. The van der Waals surface area contributed by atoms with E-state index in [2.05, 4.69) is 10.3 Å². The Bertz CT molecular complexity index is 627. The van der Waals surface area contributed by atoms with Gasteiger partial charge in [0.15, 0.2) is 0 Å². The Morgan fingerprint density at radius 2 is 2.00 bits per heavy atom. The molecule has 1 aliphatic rings. The molecule has 6 heteroatoms. The summed E-state index contributed by atoms with van der Waals surface area (Å²) in [4.78, 5) is 5.71. The molecule has 21 heavy (non-hydrogen) atoms. The van der Waals surface area contributed by atoms with Crippen LogP contribution in [0.4, 0.5) is 20.2 Å². The zero-order valence-electron chi connectivity index (χ0n) is 11.2. The molecule has 0 bridgehead atoms. The van der Waals surface area contributed by atoms with E-state index in [9.17, 15) is 8.78 Å².